The molecule has 0 saturated carbocycles. The van der Waals surface area contributed by atoms with Gasteiger partial charge in [-0.3, -0.25) is 9.59 Å². The van der Waals surface area contributed by atoms with Gasteiger partial charge in [-0.2, -0.15) is 0 Å². The van der Waals surface area contributed by atoms with Gasteiger partial charge in [0.05, 0.1) is 17.4 Å². The predicted octanol–water partition coefficient (Wildman–Crippen LogP) is 1.51. The van der Waals surface area contributed by atoms with Crippen molar-refractivity contribution in [1.82, 2.24) is 9.80 Å². The van der Waals surface area contributed by atoms with Gasteiger partial charge < -0.3 is 19.9 Å². The number of amides is 3. The van der Waals surface area contributed by atoms with Crippen LogP contribution in [0.3, 0.4) is 0 Å². The van der Waals surface area contributed by atoms with E-state index in [-0.39, 0.29) is 29.5 Å². The molecule has 1 aromatic rings. The third-order valence-corrected chi connectivity index (χ3v) is 7.64. The number of benzene rings is 1. The van der Waals surface area contributed by atoms with Gasteiger partial charge in [-0.25, -0.2) is 13.2 Å². The van der Waals surface area contributed by atoms with Crippen molar-refractivity contribution in [3.05, 3.63) is 30.3 Å². The number of carbonyl (C=O) groups excluding carboxylic acids is 3. The first-order valence-corrected chi connectivity index (χ1v) is 12.3. The molecule has 0 radical (unpaired) electrons. The van der Waals surface area contributed by atoms with Crippen LogP contribution in [0, 0.1) is 5.92 Å². The molecule has 0 aliphatic carbocycles. The van der Waals surface area contributed by atoms with Crippen LogP contribution < -0.4 is 5.32 Å². The number of hydrogen-bond acceptors (Lipinski definition) is 6. The van der Waals surface area contributed by atoms with Gasteiger partial charge in [-0.05, 0) is 38.3 Å². The lowest BCUT2D eigenvalue weighted by atomic mass is 9.97. The second-order valence-electron chi connectivity index (χ2n) is 8.14. The number of rotatable bonds is 5. The highest BCUT2D eigenvalue weighted by molar-refractivity contribution is 7.91. The van der Waals surface area contributed by atoms with Crippen LogP contribution in [0.25, 0.3) is 0 Å². The summed E-state index contributed by atoms with van der Waals surface area (Å²) in [7, 11) is -1.57. The number of likely N-dealkylation sites (N-methyl/N-ethyl adjacent to an activating group) is 1. The highest BCUT2D eigenvalue weighted by Gasteiger charge is 2.36. The Hall–Kier alpha value is -2.62. The van der Waals surface area contributed by atoms with Crippen molar-refractivity contribution in [2.75, 3.05) is 37.0 Å². The normalized spacial score (nSPS) is 21.9. The van der Waals surface area contributed by atoms with Crippen LogP contribution in [-0.4, -0.2) is 79.9 Å². The Morgan fingerprint density at radius 2 is 1.77 bits per heavy atom. The van der Waals surface area contributed by atoms with Crippen LogP contribution in [0.2, 0.25) is 0 Å². The van der Waals surface area contributed by atoms with E-state index in [1.54, 1.807) is 24.1 Å². The number of sulfone groups is 1. The summed E-state index contributed by atoms with van der Waals surface area (Å²) in [6.07, 6.45) is 0.326. The summed E-state index contributed by atoms with van der Waals surface area (Å²) in [5.41, 5.74) is 0.709. The molecule has 2 fully saturated rings. The molecule has 2 aliphatic rings. The maximum Gasteiger partial charge on any atom is 0.321 e. The monoisotopic (exact) mass is 451 g/mol. The second kappa shape index (κ2) is 9.67. The Kier molecular flexibility index (Phi) is 7.19. The molecule has 0 spiro atoms. The third kappa shape index (κ3) is 5.96. The minimum absolute atomic E-state index is 0.0561. The van der Waals surface area contributed by atoms with Gasteiger partial charge in [0.2, 0.25) is 0 Å². The molecule has 170 valence electrons. The number of esters is 1. The van der Waals surface area contributed by atoms with E-state index in [2.05, 4.69) is 5.32 Å². The van der Waals surface area contributed by atoms with E-state index in [9.17, 15) is 22.8 Å². The maximum atomic E-state index is 12.6. The quantitative estimate of drug-likeness (QED) is 0.679. The van der Waals surface area contributed by atoms with Gasteiger partial charge in [0, 0.05) is 31.9 Å². The number of likely N-dealkylation sites (tertiary alicyclic amines) is 1. The molecule has 0 aromatic heterocycles. The van der Waals surface area contributed by atoms with Crippen LogP contribution in [0.5, 0.6) is 0 Å². The number of piperidine rings is 1. The van der Waals surface area contributed by atoms with Crippen molar-refractivity contribution in [3.63, 3.8) is 0 Å². The molecule has 1 aromatic carbocycles. The van der Waals surface area contributed by atoms with Crippen molar-refractivity contribution >= 4 is 33.4 Å². The first-order valence-electron chi connectivity index (χ1n) is 10.4. The number of urea groups is 1. The fraction of sp³-hybridized carbons (Fsp3) is 0.571. The minimum atomic E-state index is -3.11. The number of carbonyl (C=O) groups is 3. The van der Waals surface area contributed by atoms with Gasteiger partial charge >= 0.3 is 12.0 Å². The Bertz CT molecular complexity index is 912. The smallest absolute Gasteiger partial charge is 0.321 e. The lowest BCUT2D eigenvalue weighted by Gasteiger charge is -2.32. The molecular weight excluding hydrogens is 422 g/mol. The summed E-state index contributed by atoms with van der Waals surface area (Å²) in [6.45, 7) is 2.34. The fourth-order valence-corrected chi connectivity index (χ4v) is 5.69. The van der Waals surface area contributed by atoms with E-state index in [0.717, 1.165) is 0 Å². The molecular formula is C21H29N3O6S. The lowest BCUT2D eigenvalue weighted by molar-refractivity contribution is -0.163. The molecule has 31 heavy (non-hydrogen) atoms. The van der Waals surface area contributed by atoms with Crippen molar-refractivity contribution in [2.24, 2.45) is 5.92 Å². The number of nitrogens with zero attached hydrogens (tertiary/aromatic N) is 2. The SMILES string of the molecule is C[C@H](OC(=O)C1CCN(C(=O)Nc2ccccc2)CC1)C(=O)N(C)[C@@H]1CCS(=O)(=O)C1. The summed E-state index contributed by atoms with van der Waals surface area (Å²) < 4.78 is 28.7. The summed E-state index contributed by atoms with van der Waals surface area (Å²) in [5, 5.41) is 2.83. The third-order valence-electron chi connectivity index (χ3n) is 5.89. The van der Waals surface area contributed by atoms with E-state index >= 15 is 0 Å². The van der Waals surface area contributed by atoms with Gasteiger partial charge in [0.25, 0.3) is 5.91 Å². The first-order chi connectivity index (χ1) is 14.7. The van der Waals surface area contributed by atoms with E-state index in [1.807, 2.05) is 18.2 Å². The Balaban J connectivity index is 1.45. The zero-order valence-electron chi connectivity index (χ0n) is 17.8. The molecule has 3 amide bonds. The summed E-state index contributed by atoms with van der Waals surface area (Å²) in [5.74, 6) is -1.24. The number of anilines is 1. The van der Waals surface area contributed by atoms with Crippen LogP contribution in [-0.2, 0) is 24.2 Å². The predicted molar refractivity (Wildman–Crippen MR) is 115 cm³/mol. The Labute approximate surface area is 182 Å². The minimum Gasteiger partial charge on any atom is -0.452 e. The molecule has 0 unspecified atom stereocenters. The average Bonchev–Trinajstić information content (AvgIpc) is 3.13. The molecule has 2 atom stereocenters. The van der Waals surface area contributed by atoms with Crippen molar-refractivity contribution in [2.45, 2.75) is 38.3 Å². The van der Waals surface area contributed by atoms with Crippen LogP contribution in [0.15, 0.2) is 30.3 Å². The second-order valence-corrected chi connectivity index (χ2v) is 10.4. The van der Waals surface area contributed by atoms with Crippen LogP contribution >= 0.6 is 0 Å². The fourth-order valence-electron chi connectivity index (χ4n) is 3.91. The van der Waals surface area contributed by atoms with Gasteiger partial charge in [0.1, 0.15) is 0 Å². The zero-order valence-corrected chi connectivity index (χ0v) is 18.6. The first kappa shape index (κ1) is 23.1. The van der Waals surface area contributed by atoms with Gasteiger partial charge in [-0.1, -0.05) is 18.2 Å². The molecule has 9 nitrogen and oxygen atoms in total. The Morgan fingerprint density at radius 3 is 2.35 bits per heavy atom. The summed E-state index contributed by atoms with van der Waals surface area (Å²) in [4.78, 5) is 40.5. The summed E-state index contributed by atoms with van der Waals surface area (Å²) >= 11 is 0. The van der Waals surface area contributed by atoms with Crippen LogP contribution in [0.4, 0.5) is 10.5 Å². The van der Waals surface area contributed by atoms with Gasteiger partial charge in [0.15, 0.2) is 15.9 Å². The lowest BCUT2D eigenvalue weighted by Crippen LogP contribution is -2.46. The molecule has 2 heterocycles. The Morgan fingerprint density at radius 1 is 1.13 bits per heavy atom. The topological polar surface area (TPSA) is 113 Å². The van der Waals surface area contributed by atoms with E-state index in [0.29, 0.717) is 38.0 Å². The largest absolute Gasteiger partial charge is 0.452 e. The number of ether oxygens (including phenoxy) is 1. The standard InChI is InChI=1S/C21H29N3O6S/c1-15(19(25)23(2)18-10-13-31(28,29)14-18)30-20(26)16-8-11-24(12-9-16)21(27)22-17-6-4-3-5-7-17/h3-7,15-16,18H,8-14H2,1-2H3,(H,22,27)/t15-,18+/m0/s1. The highest BCUT2D eigenvalue weighted by Crippen LogP contribution is 2.22. The maximum absolute atomic E-state index is 12.6. The number of nitrogens with one attached hydrogen (secondary N) is 1. The molecule has 0 bridgehead atoms. The molecule has 2 saturated heterocycles. The van der Waals surface area contributed by atoms with Crippen molar-refractivity contribution in [3.8, 4) is 0 Å². The average molecular weight is 452 g/mol. The molecule has 10 heteroatoms. The van der Waals surface area contributed by atoms with Crippen molar-refractivity contribution in [1.29, 1.82) is 0 Å². The molecule has 3 rings (SSSR count). The number of para-hydroxylation sites is 1. The van der Waals surface area contributed by atoms with E-state index in [1.165, 1.54) is 11.8 Å². The molecule has 1 N–H and O–H groups in total. The molecule has 2 aliphatic heterocycles. The highest BCUT2D eigenvalue weighted by atomic mass is 32.2. The van der Waals surface area contributed by atoms with Crippen molar-refractivity contribution < 1.29 is 27.5 Å². The summed E-state index contributed by atoms with van der Waals surface area (Å²) in [6, 6.07) is 8.55. The number of hydrogen-bond donors (Lipinski definition) is 1. The van der Waals surface area contributed by atoms with E-state index in [4.69, 9.17) is 4.74 Å². The van der Waals surface area contributed by atoms with E-state index < -0.39 is 27.8 Å². The zero-order chi connectivity index (χ0) is 22.6. The van der Waals surface area contributed by atoms with Gasteiger partial charge in [-0.15, -0.1) is 0 Å². The van der Waals surface area contributed by atoms with Crippen LogP contribution in [0.1, 0.15) is 26.2 Å².